The van der Waals surface area contributed by atoms with Crippen molar-refractivity contribution in [1.82, 2.24) is 5.32 Å². The first-order valence-corrected chi connectivity index (χ1v) is 9.05. The third kappa shape index (κ3) is 5.39. The van der Waals surface area contributed by atoms with Gasteiger partial charge in [0.2, 0.25) is 0 Å². The quantitative estimate of drug-likeness (QED) is 0.671. The Balaban J connectivity index is 2.16. The van der Waals surface area contributed by atoms with Crippen LogP contribution in [0.5, 0.6) is 0 Å². The molecule has 0 spiro atoms. The van der Waals surface area contributed by atoms with E-state index in [2.05, 4.69) is 24.5 Å². The van der Waals surface area contributed by atoms with Crippen LogP contribution in [0.2, 0.25) is 0 Å². The van der Waals surface area contributed by atoms with Gasteiger partial charge in [-0.25, -0.2) is 4.79 Å². The second-order valence-electron chi connectivity index (χ2n) is 6.16. The Morgan fingerprint density at radius 1 is 1.42 bits per heavy atom. The summed E-state index contributed by atoms with van der Waals surface area (Å²) in [5.41, 5.74) is 2.29. The van der Waals surface area contributed by atoms with E-state index < -0.39 is 5.97 Å². The first-order valence-electron chi connectivity index (χ1n) is 8.24. The second-order valence-corrected chi connectivity index (χ2v) is 7.50. The molecule has 1 fully saturated rings. The van der Waals surface area contributed by atoms with Crippen LogP contribution in [0.25, 0.3) is 4.91 Å². The molecule has 0 bridgehead atoms. The van der Waals surface area contributed by atoms with E-state index in [0.717, 1.165) is 46.9 Å². The lowest BCUT2D eigenvalue weighted by molar-refractivity contribution is 0.0696. The van der Waals surface area contributed by atoms with Crippen LogP contribution in [0.4, 0.5) is 0 Å². The van der Waals surface area contributed by atoms with Crippen molar-refractivity contribution in [3.05, 3.63) is 65.1 Å². The minimum atomic E-state index is -0.892. The molecule has 24 heavy (non-hydrogen) atoms. The number of aromatic carboxylic acids is 1. The van der Waals surface area contributed by atoms with Crippen LogP contribution in [-0.4, -0.2) is 24.2 Å². The van der Waals surface area contributed by atoms with Crippen molar-refractivity contribution in [2.24, 2.45) is 5.92 Å². The van der Waals surface area contributed by atoms with Gasteiger partial charge in [0.25, 0.3) is 0 Å². The zero-order valence-electron chi connectivity index (χ0n) is 14.2. The Bertz CT molecular complexity index is 658. The molecule has 2 rings (SSSR count). The number of allylic oxidation sites excluding steroid dienone is 3. The van der Waals surface area contributed by atoms with Gasteiger partial charge < -0.3 is 10.4 Å². The van der Waals surface area contributed by atoms with E-state index in [-0.39, 0.29) is 0 Å². The summed E-state index contributed by atoms with van der Waals surface area (Å²) in [5.74, 6) is -0.200. The van der Waals surface area contributed by atoms with Gasteiger partial charge in [0.1, 0.15) is 0 Å². The fourth-order valence-corrected chi connectivity index (χ4v) is 3.69. The zero-order chi connectivity index (χ0) is 17.5. The number of carboxylic acids is 1. The molecule has 0 saturated carbocycles. The number of aryl methyl sites for hydroxylation is 1. The summed E-state index contributed by atoms with van der Waals surface area (Å²) in [6.07, 6.45) is 6.86. The van der Waals surface area contributed by atoms with Crippen molar-refractivity contribution in [2.75, 3.05) is 13.1 Å². The monoisotopic (exact) mass is 343 g/mol. The van der Waals surface area contributed by atoms with Crippen molar-refractivity contribution in [2.45, 2.75) is 26.2 Å². The maximum Gasteiger partial charge on any atom is 0.335 e. The summed E-state index contributed by atoms with van der Waals surface area (Å²) in [4.78, 5) is 13.4. The highest BCUT2D eigenvalue weighted by Crippen LogP contribution is 2.33. The highest BCUT2D eigenvalue weighted by molar-refractivity contribution is 8.11. The standard InChI is InChI=1S/C20H25NO2S/c1-4-5-14(2)24-15(3)18-10-17(11-19(12-18)20(22)23)7-6-16-8-9-21-13-16/h4-5,10-12,16,21H,1,3,6-9,13H2,2H3,(H,22,23)/b14-5-. The Morgan fingerprint density at radius 3 is 2.79 bits per heavy atom. The number of carboxylic acid groups (broad SMARTS) is 1. The van der Waals surface area contributed by atoms with Crippen molar-refractivity contribution in [3.63, 3.8) is 0 Å². The van der Waals surface area contributed by atoms with Crippen LogP contribution in [-0.2, 0) is 6.42 Å². The van der Waals surface area contributed by atoms with Crippen LogP contribution in [0.3, 0.4) is 0 Å². The van der Waals surface area contributed by atoms with E-state index in [1.807, 2.05) is 13.0 Å². The molecular formula is C20H25NO2S. The second kappa shape index (κ2) is 8.90. The molecular weight excluding hydrogens is 318 g/mol. The van der Waals surface area contributed by atoms with Gasteiger partial charge in [0.15, 0.2) is 0 Å². The van der Waals surface area contributed by atoms with Gasteiger partial charge in [-0.3, -0.25) is 0 Å². The number of hydrogen-bond acceptors (Lipinski definition) is 3. The van der Waals surface area contributed by atoms with E-state index >= 15 is 0 Å². The van der Waals surface area contributed by atoms with Crippen LogP contribution >= 0.6 is 11.8 Å². The lowest BCUT2D eigenvalue weighted by Gasteiger charge is -2.12. The van der Waals surface area contributed by atoms with Crippen LogP contribution in [0.15, 0.2) is 48.4 Å². The molecule has 3 nitrogen and oxygen atoms in total. The fraction of sp³-hybridized carbons (Fsp3) is 0.350. The summed E-state index contributed by atoms with van der Waals surface area (Å²) in [5, 5.41) is 12.8. The molecule has 1 aromatic carbocycles. The van der Waals surface area contributed by atoms with E-state index in [4.69, 9.17) is 0 Å². The molecule has 1 atom stereocenters. The van der Waals surface area contributed by atoms with Gasteiger partial charge in [-0.1, -0.05) is 43.1 Å². The van der Waals surface area contributed by atoms with E-state index in [9.17, 15) is 9.90 Å². The predicted molar refractivity (Wildman–Crippen MR) is 103 cm³/mol. The maximum atomic E-state index is 11.4. The van der Waals surface area contributed by atoms with Crippen molar-refractivity contribution in [1.29, 1.82) is 0 Å². The van der Waals surface area contributed by atoms with Gasteiger partial charge in [-0.15, -0.1) is 0 Å². The molecule has 1 unspecified atom stereocenters. The topological polar surface area (TPSA) is 49.3 Å². The number of hydrogen-bond donors (Lipinski definition) is 2. The molecule has 1 aliphatic heterocycles. The maximum absolute atomic E-state index is 11.4. The first-order chi connectivity index (χ1) is 11.5. The molecule has 2 N–H and O–H groups in total. The number of benzene rings is 1. The summed E-state index contributed by atoms with van der Waals surface area (Å²) >= 11 is 1.54. The lowest BCUT2D eigenvalue weighted by Crippen LogP contribution is -2.09. The predicted octanol–water partition coefficient (Wildman–Crippen LogP) is 4.72. The Morgan fingerprint density at radius 2 is 2.17 bits per heavy atom. The number of nitrogens with one attached hydrogen (secondary N) is 1. The molecule has 1 aliphatic rings. The normalized spacial score (nSPS) is 17.7. The van der Waals surface area contributed by atoms with Crippen molar-refractivity contribution in [3.8, 4) is 0 Å². The van der Waals surface area contributed by atoms with E-state index in [1.54, 1.807) is 30.0 Å². The van der Waals surface area contributed by atoms with Gasteiger partial charge in [0, 0.05) is 4.91 Å². The molecule has 0 aromatic heterocycles. The van der Waals surface area contributed by atoms with Crippen molar-refractivity contribution >= 4 is 22.6 Å². The summed E-state index contributed by atoms with van der Waals surface area (Å²) in [7, 11) is 0. The molecule has 1 aromatic rings. The van der Waals surface area contributed by atoms with E-state index in [0.29, 0.717) is 11.5 Å². The molecule has 0 amide bonds. The van der Waals surface area contributed by atoms with Crippen molar-refractivity contribution < 1.29 is 9.90 Å². The van der Waals surface area contributed by atoms with Gasteiger partial charge in [-0.2, -0.15) is 0 Å². The van der Waals surface area contributed by atoms with Gasteiger partial charge >= 0.3 is 5.97 Å². The first kappa shape index (κ1) is 18.6. The van der Waals surface area contributed by atoms with Crippen LogP contribution in [0, 0.1) is 5.92 Å². The largest absolute Gasteiger partial charge is 0.478 e. The van der Waals surface area contributed by atoms with E-state index in [1.165, 1.54) is 6.42 Å². The summed E-state index contributed by atoms with van der Waals surface area (Å²) in [6.45, 7) is 12.0. The average molecular weight is 343 g/mol. The third-order valence-corrected chi connectivity index (χ3v) is 5.14. The fourth-order valence-electron chi connectivity index (χ4n) is 2.91. The SMILES string of the molecule is C=C/C=C(/C)SC(=C)c1cc(CCC2CCNC2)cc(C(=O)O)c1. The summed E-state index contributed by atoms with van der Waals surface area (Å²) in [6, 6.07) is 5.57. The average Bonchev–Trinajstić information content (AvgIpc) is 3.06. The number of thioether (sulfide) groups is 1. The highest BCUT2D eigenvalue weighted by Gasteiger charge is 2.15. The number of carbonyl (C=O) groups is 1. The molecule has 4 heteroatoms. The number of rotatable bonds is 8. The molecule has 1 saturated heterocycles. The molecule has 128 valence electrons. The molecule has 0 aliphatic carbocycles. The van der Waals surface area contributed by atoms with Crippen LogP contribution < -0.4 is 5.32 Å². The highest BCUT2D eigenvalue weighted by atomic mass is 32.2. The Kier molecular flexibility index (Phi) is 6.88. The molecule has 1 heterocycles. The zero-order valence-corrected chi connectivity index (χ0v) is 15.0. The minimum Gasteiger partial charge on any atom is -0.478 e. The molecule has 0 radical (unpaired) electrons. The van der Waals surface area contributed by atoms with Gasteiger partial charge in [0.05, 0.1) is 5.56 Å². The van der Waals surface area contributed by atoms with Gasteiger partial charge in [-0.05, 0) is 73.4 Å². The minimum absolute atomic E-state index is 0.333. The summed E-state index contributed by atoms with van der Waals surface area (Å²) < 4.78 is 0. The van der Waals surface area contributed by atoms with Crippen LogP contribution in [0.1, 0.15) is 41.3 Å². The smallest absolute Gasteiger partial charge is 0.335 e. The lowest BCUT2D eigenvalue weighted by atomic mass is 9.96. The Labute approximate surface area is 148 Å². The Hall–Kier alpha value is -1.78. The third-order valence-electron chi connectivity index (χ3n) is 4.20.